The normalized spacial score (nSPS) is 10.2. The van der Waals surface area contributed by atoms with Gasteiger partial charge in [-0.25, -0.2) is 0 Å². The summed E-state index contributed by atoms with van der Waals surface area (Å²) in [4.78, 5) is 12.6. The fourth-order valence-corrected chi connectivity index (χ4v) is 1.92. The zero-order chi connectivity index (χ0) is 10.6. The number of likely N-dealkylation sites (N-methyl/N-ethyl adjacent to an activating group) is 1. The molecule has 14 heavy (non-hydrogen) atoms. The number of carbonyl (C=O) groups is 1. The van der Waals surface area contributed by atoms with Gasteiger partial charge in [-0.1, -0.05) is 11.6 Å². The van der Waals surface area contributed by atoms with Gasteiger partial charge in [-0.2, -0.15) is 0 Å². The lowest BCUT2D eigenvalue weighted by atomic mass is 10.1. The van der Waals surface area contributed by atoms with Crippen molar-refractivity contribution in [3.8, 4) is 0 Å². The fraction of sp³-hybridized carbons (Fsp3) is 0.300. The van der Waals surface area contributed by atoms with Crippen LogP contribution in [-0.4, -0.2) is 25.6 Å². The summed E-state index contributed by atoms with van der Waals surface area (Å²) < 4.78 is 0. The van der Waals surface area contributed by atoms with Gasteiger partial charge in [-0.05, 0) is 31.5 Å². The van der Waals surface area contributed by atoms with Crippen LogP contribution in [0, 0.1) is 0 Å². The van der Waals surface area contributed by atoms with Crippen molar-refractivity contribution in [2.45, 2.75) is 4.90 Å². The van der Waals surface area contributed by atoms with Gasteiger partial charge >= 0.3 is 0 Å². The summed E-state index contributed by atoms with van der Waals surface area (Å²) in [6.07, 6.45) is 1.94. The minimum absolute atomic E-state index is 0.0688. The molecular formula is C10H12ClNOS. The van der Waals surface area contributed by atoms with Gasteiger partial charge in [0.2, 0.25) is 0 Å². The van der Waals surface area contributed by atoms with Crippen LogP contribution in [0.1, 0.15) is 10.4 Å². The van der Waals surface area contributed by atoms with Gasteiger partial charge in [-0.3, -0.25) is 4.79 Å². The molecule has 1 aromatic carbocycles. The zero-order valence-electron chi connectivity index (χ0n) is 8.13. The molecule has 0 aliphatic rings. The summed E-state index contributed by atoms with van der Waals surface area (Å²) in [5, 5.41) is 3.43. The first-order valence-electron chi connectivity index (χ1n) is 4.20. The molecule has 0 saturated heterocycles. The Bertz CT molecular complexity index is 341. The minimum Gasteiger partial charge on any atom is -0.313 e. The Labute approximate surface area is 93.0 Å². The second kappa shape index (κ2) is 5.39. The molecule has 0 unspecified atom stereocenters. The molecule has 2 nitrogen and oxygen atoms in total. The average molecular weight is 230 g/mol. The van der Waals surface area contributed by atoms with E-state index in [2.05, 4.69) is 5.32 Å². The molecule has 0 aliphatic heterocycles. The molecular weight excluding hydrogens is 218 g/mol. The SMILES string of the molecule is CNCC(=O)c1cc(Cl)ccc1SC. The predicted octanol–water partition coefficient (Wildman–Crippen LogP) is 2.46. The van der Waals surface area contributed by atoms with Crippen molar-refractivity contribution in [2.24, 2.45) is 0 Å². The summed E-state index contributed by atoms with van der Waals surface area (Å²) in [5.41, 5.74) is 0.694. The number of thioether (sulfide) groups is 1. The van der Waals surface area contributed by atoms with E-state index in [-0.39, 0.29) is 5.78 Å². The number of hydrogen-bond donors (Lipinski definition) is 1. The number of halogens is 1. The molecule has 0 atom stereocenters. The molecule has 0 radical (unpaired) electrons. The Kier molecular flexibility index (Phi) is 4.45. The topological polar surface area (TPSA) is 29.1 Å². The van der Waals surface area contributed by atoms with Crippen molar-refractivity contribution in [1.29, 1.82) is 0 Å². The molecule has 76 valence electrons. The van der Waals surface area contributed by atoms with E-state index in [0.29, 0.717) is 17.1 Å². The van der Waals surface area contributed by atoms with Crippen LogP contribution in [0.4, 0.5) is 0 Å². The lowest BCUT2D eigenvalue weighted by molar-refractivity contribution is 0.0991. The maximum Gasteiger partial charge on any atom is 0.177 e. The van der Waals surface area contributed by atoms with Gasteiger partial charge in [-0.15, -0.1) is 11.8 Å². The van der Waals surface area contributed by atoms with Crippen LogP contribution >= 0.6 is 23.4 Å². The second-order valence-corrected chi connectivity index (χ2v) is 4.08. The number of nitrogens with one attached hydrogen (secondary N) is 1. The largest absolute Gasteiger partial charge is 0.313 e. The van der Waals surface area contributed by atoms with Crippen LogP contribution < -0.4 is 5.32 Å². The molecule has 0 heterocycles. The highest BCUT2D eigenvalue weighted by atomic mass is 35.5. The molecule has 1 rings (SSSR count). The van der Waals surface area contributed by atoms with Crippen LogP contribution in [0.15, 0.2) is 23.1 Å². The number of hydrogen-bond acceptors (Lipinski definition) is 3. The van der Waals surface area contributed by atoms with Crippen molar-refractivity contribution >= 4 is 29.1 Å². The van der Waals surface area contributed by atoms with E-state index in [9.17, 15) is 4.79 Å². The Hall–Kier alpha value is -0.510. The van der Waals surface area contributed by atoms with Gasteiger partial charge in [0, 0.05) is 15.5 Å². The van der Waals surface area contributed by atoms with Gasteiger partial charge in [0.1, 0.15) is 0 Å². The Morgan fingerprint density at radius 1 is 1.57 bits per heavy atom. The number of benzene rings is 1. The quantitative estimate of drug-likeness (QED) is 0.635. The lowest BCUT2D eigenvalue weighted by Gasteiger charge is -2.06. The molecule has 0 aromatic heterocycles. The third-order valence-electron chi connectivity index (χ3n) is 1.80. The monoisotopic (exact) mass is 229 g/mol. The third-order valence-corrected chi connectivity index (χ3v) is 2.83. The van der Waals surface area contributed by atoms with Gasteiger partial charge in [0.25, 0.3) is 0 Å². The van der Waals surface area contributed by atoms with Crippen LogP contribution in [0.2, 0.25) is 5.02 Å². The average Bonchev–Trinajstić information content (AvgIpc) is 2.18. The lowest BCUT2D eigenvalue weighted by Crippen LogP contribution is -2.19. The van der Waals surface area contributed by atoms with Crippen LogP contribution in [0.3, 0.4) is 0 Å². The van der Waals surface area contributed by atoms with E-state index >= 15 is 0 Å². The van der Waals surface area contributed by atoms with Crippen LogP contribution in [0.25, 0.3) is 0 Å². The first kappa shape index (κ1) is 11.6. The maximum atomic E-state index is 11.6. The van der Waals surface area contributed by atoms with Crippen LogP contribution in [-0.2, 0) is 0 Å². The summed E-state index contributed by atoms with van der Waals surface area (Å²) in [6.45, 7) is 0.341. The van der Waals surface area contributed by atoms with Crippen molar-refractivity contribution in [2.75, 3.05) is 19.8 Å². The van der Waals surface area contributed by atoms with Crippen molar-refractivity contribution < 1.29 is 4.79 Å². The van der Waals surface area contributed by atoms with Gasteiger partial charge in [0.15, 0.2) is 5.78 Å². The predicted molar refractivity (Wildman–Crippen MR) is 61.5 cm³/mol. The molecule has 4 heteroatoms. The summed E-state index contributed by atoms with van der Waals surface area (Å²) in [7, 11) is 1.75. The van der Waals surface area contributed by atoms with Crippen molar-refractivity contribution in [1.82, 2.24) is 5.32 Å². The van der Waals surface area contributed by atoms with E-state index in [1.807, 2.05) is 12.3 Å². The Morgan fingerprint density at radius 2 is 2.29 bits per heavy atom. The van der Waals surface area contributed by atoms with E-state index in [4.69, 9.17) is 11.6 Å². The van der Waals surface area contributed by atoms with Crippen LogP contribution in [0.5, 0.6) is 0 Å². The minimum atomic E-state index is 0.0688. The standard InChI is InChI=1S/C10H12ClNOS/c1-12-6-9(13)8-5-7(11)3-4-10(8)14-2/h3-5,12H,6H2,1-2H3. The number of Topliss-reactive ketones (excluding diaryl/α,β-unsaturated/α-hetero) is 1. The van der Waals surface area contributed by atoms with Gasteiger partial charge in [0.05, 0.1) is 6.54 Å². The highest BCUT2D eigenvalue weighted by Gasteiger charge is 2.10. The molecule has 0 saturated carbocycles. The second-order valence-electron chi connectivity index (χ2n) is 2.80. The molecule has 0 bridgehead atoms. The van der Waals surface area contributed by atoms with E-state index < -0.39 is 0 Å². The molecule has 0 aliphatic carbocycles. The molecule has 1 N–H and O–H groups in total. The van der Waals surface area contributed by atoms with E-state index in [0.717, 1.165) is 4.90 Å². The first-order chi connectivity index (χ1) is 6.69. The van der Waals surface area contributed by atoms with Crippen molar-refractivity contribution in [3.05, 3.63) is 28.8 Å². The summed E-state index contributed by atoms with van der Waals surface area (Å²) in [6, 6.07) is 5.38. The number of rotatable bonds is 4. The first-order valence-corrected chi connectivity index (χ1v) is 5.80. The molecule has 1 aromatic rings. The van der Waals surface area contributed by atoms with E-state index in [1.165, 1.54) is 0 Å². The Morgan fingerprint density at radius 3 is 2.86 bits per heavy atom. The third kappa shape index (κ3) is 2.74. The Balaban J connectivity index is 3.03. The highest BCUT2D eigenvalue weighted by Crippen LogP contribution is 2.24. The highest BCUT2D eigenvalue weighted by molar-refractivity contribution is 7.98. The smallest absolute Gasteiger partial charge is 0.177 e. The van der Waals surface area contributed by atoms with Crippen molar-refractivity contribution in [3.63, 3.8) is 0 Å². The van der Waals surface area contributed by atoms with Gasteiger partial charge < -0.3 is 5.32 Å². The maximum absolute atomic E-state index is 11.6. The summed E-state index contributed by atoms with van der Waals surface area (Å²) >= 11 is 7.39. The molecule has 0 spiro atoms. The van der Waals surface area contributed by atoms with E-state index in [1.54, 1.807) is 30.9 Å². The number of ketones is 1. The molecule has 0 fully saturated rings. The fourth-order valence-electron chi connectivity index (χ4n) is 1.15. The summed E-state index contributed by atoms with van der Waals surface area (Å²) in [5.74, 6) is 0.0688. The molecule has 0 amide bonds. The zero-order valence-corrected chi connectivity index (χ0v) is 9.71. The number of carbonyl (C=O) groups excluding carboxylic acids is 1.